The van der Waals surface area contributed by atoms with E-state index in [2.05, 4.69) is 19.2 Å². The van der Waals surface area contributed by atoms with Gasteiger partial charge >= 0.3 is 5.97 Å². The summed E-state index contributed by atoms with van der Waals surface area (Å²) in [6, 6.07) is 0.242. The SMILES string of the molecule is CCOC(=O)C(C)(CCCOCCCC(C)C)NC(C)C. The fraction of sp³-hybridized carbons (Fsp3) is 0.941. The minimum Gasteiger partial charge on any atom is -0.465 e. The van der Waals surface area contributed by atoms with E-state index < -0.39 is 5.54 Å². The molecule has 0 bridgehead atoms. The highest BCUT2D eigenvalue weighted by Crippen LogP contribution is 2.16. The zero-order chi connectivity index (χ0) is 16.3. The molecule has 4 nitrogen and oxygen atoms in total. The standard InChI is InChI=1S/C17H35NO3/c1-7-21-16(19)17(6,18-15(4)5)11-9-13-20-12-8-10-14(2)3/h14-15,18H,7-13H2,1-6H3. The number of carbonyl (C=O) groups is 1. The first-order chi connectivity index (χ1) is 9.81. The largest absolute Gasteiger partial charge is 0.465 e. The van der Waals surface area contributed by atoms with Crippen LogP contribution in [-0.4, -0.2) is 37.4 Å². The molecule has 0 saturated heterocycles. The maximum absolute atomic E-state index is 12.1. The van der Waals surface area contributed by atoms with Gasteiger partial charge in [-0.05, 0) is 59.3 Å². The Kier molecular flexibility index (Phi) is 10.7. The Bertz CT molecular complexity index is 279. The summed E-state index contributed by atoms with van der Waals surface area (Å²) in [4.78, 5) is 12.1. The Morgan fingerprint density at radius 2 is 1.76 bits per heavy atom. The van der Waals surface area contributed by atoms with Crippen molar-refractivity contribution in [3.05, 3.63) is 0 Å². The van der Waals surface area contributed by atoms with Gasteiger partial charge in [-0.3, -0.25) is 10.1 Å². The second-order valence-electron chi connectivity index (χ2n) is 6.60. The second kappa shape index (κ2) is 11.0. The van der Waals surface area contributed by atoms with Gasteiger partial charge in [0.25, 0.3) is 0 Å². The van der Waals surface area contributed by atoms with Crippen LogP contribution in [0.25, 0.3) is 0 Å². The predicted octanol–water partition coefficient (Wildman–Crippen LogP) is 3.54. The van der Waals surface area contributed by atoms with Crippen molar-refractivity contribution in [3.8, 4) is 0 Å². The van der Waals surface area contributed by atoms with Crippen LogP contribution in [0.2, 0.25) is 0 Å². The lowest BCUT2D eigenvalue weighted by atomic mass is 9.95. The van der Waals surface area contributed by atoms with Gasteiger partial charge in [0.2, 0.25) is 0 Å². The van der Waals surface area contributed by atoms with Crippen molar-refractivity contribution in [1.29, 1.82) is 0 Å². The van der Waals surface area contributed by atoms with Crippen molar-refractivity contribution in [2.45, 2.75) is 78.8 Å². The van der Waals surface area contributed by atoms with E-state index in [0.717, 1.165) is 31.8 Å². The van der Waals surface area contributed by atoms with Crippen molar-refractivity contribution in [2.24, 2.45) is 5.92 Å². The Balaban J connectivity index is 4.04. The van der Waals surface area contributed by atoms with Gasteiger partial charge in [0, 0.05) is 19.3 Å². The van der Waals surface area contributed by atoms with Crippen LogP contribution in [0, 0.1) is 5.92 Å². The smallest absolute Gasteiger partial charge is 0.326 e. The van der Waals surface area contributed by atoms with Crippen molar-refractivity contribution >= 4 is 5.97 Å². The van der Waals surface area contributed by atoms with E-state index in [0.29, 0.717) is 13.2 Å². The van der Waals surface area contributed by atoms with Gasteiger partial charge in [0.1, 0.15) is 5.54 Å². The van der Waals surface area contributed by atoms with E-state index in [1.165, 1.54) is 6.42 Å². The summed E-state index contributed by atoms with van der Waals surface area (Å²) in [5.41, 5.74) is -0.620. The molecule has 21 heavy (non-hydrogen) atoms. The van der Waals surface area contributed by atoms with Crippen LogP contribution in [0.3, 0.4) is 0 Å². The Labute approximate surface area is 131 Å². The van der Waals surface area contributed by atoms with Crippen molar-refractivity contribution in [3.63, 3.8) is 0 Å². The fourth-order valence-electron chi connectivity index (χ4n) is 2.38. The quantitative estimate of drug-likeness (QED) is 0.442. The van der Waals surface area contributed by atoms with Gasteiger partial charge in [0.05, 0.1) is 6.61 Å². The van der Waals surface area contributed by atoms with E-state index in [1.54, 1.807) is 0 Å². The van der Waals surface area contributed by atoms with Crippen LogP contribution < -0.4 is 5.32 Å². The highest BCUT2D eigenvalue weighted by atomic mass is 16.5. The van der Waals surface area contributed by atoms with E-state index in [4.69, 9.17) is 9.47 Å². The van der Waals surface area contributed by atoms with Crippen LogP contribution in [-0.2, 0) is 14.3 Å². The maximum atomic E-state index is 12.1. The summed E-state index contributed by atoms with van der Waals surface area (Å²) in [7, 11) is 0. The molecular formula is C17H35NO3. The number of ether oxygens (including phenoxy) is 2. The van der Waals surface area contributed by atoms with Crippen molar-refractivity contribution in [2.75, 3.05) is 19.8 Å². The Morgan fingerprint density at radius 1 is 1.14 bits per heavy atom. The zero-order valence-corrected chi connectivity index (χ0v) is 14.8. The summed E-state index contributed by atoms with van der Waals surface area (Å²) < 4.78 is 10.8. The molecule has 0 aromatic carbocycles. The van der Waals surface area contributed by atoms with Crippen molar-refractivity contribution < 1.29 is 14.3 Å². The third kappa shape index (κ3) is 9.86. The lowest BCUT2D eigenvalue weighted by Gasteiger charge is -2.30. The van der Waals surface area contributed by atoms with E-state index >= 15 is 0 Å². The summed E-state index contributed by atoms with van der Waals surface area (Å²) in [5.74, 6) is 0.564. The normalized spacial score (nSPS) is 14.5. The molecule has 0 aliphatic carbocycles. The van der Waals surface area contributed by atoms with E-state index in [1.807, 2.05) is 27.7 Å². The molecule has 0 aromatic heterocycles. The number of hydrogen-bond acceptors (Lipinski definition) is 4. The minimum absolute atomic E-state index is 0.168. The third-order valence-electron chi connectivity index (χ3n) is 3.37. The summed E-state index contributed by atoms with van der Waals surface area (Å²) in [6.45, 7) is 14.2. The van der Waals surface area contributed by atoms with Crippen LogP contribution >= 0.6 is 0 Å². The number of rotatable bonds is 12. The number of esters is 1. The van der Waals surface area contributed by atoms with Crippen LogP contribution in [0.5, 0.6) is 0 Å². The average Bonchev–Trinajstić information content (AvgIpc) is 2.36. The van der Waals surface area contributed by atoms with E-state index in [9.17, 15) is 4.79 Å². The molecule has 0 fully saturated rings. The molecule has 0 heterocycles. The minimum atomic E-state index is -0.620. The first-order valence-electron chi connectivity index (χ1n) is 8.34. The molecule has 126 valence electrons. The van der Waals surface area contributed by atoms with Crippen molar-refractivity contribution in [1.82, 2.24) is 5.32 Å². The lowest BCUT2D eigenvalue weighted by Crippen LogP contribution is -2.53. The molecule has 4 heteroatoms. The van der Waals surface area contributed by atoms with Gasteiger partial charge in [-0.2, -0.15) is 0 Å². The summed E-state index contributed by atoms with van der Waals surface area (Å²) in [5, 5.41) is 3.33. The molecule has 0 amide bonds. The molecule has 0 spiro atoms. The highest BCUT2D eigenvalue weighted by molar-refractivity contribution is 5.80. The summed E-state index contributed by atoms with van der Waals surface area (Å²) >= 11 is 0. The van der Waals surface area contributed by atoms with E-state index in [-0.39, 0.29) is 12.0 Å². The molecule has 1 unspecified atom stereocenters. The molecule has 0 aromatic rings. The van der Waals surface area contributed by atoms with Crippen LogP contribution in [0.15, 0.2) is 0 Å². The number of nitrogens with one attached hydrogen (secondary N) is 1. The summed E-state index contributed by atoms with van der Waals surface area (Å²) in [6.07, 6.45) is 3.90. The van der Waals surface area contributed by atoms with Gasteiger partial charge in [-0.15, -0.1) is 0 Å². The van der Waals surface area contributed by atoms with Gasteiger partial charge in [-0.25, -0.2) is 0 Å². The first kappa shape index (κ1) is 20.4. The molecule has 1 atom stereocenters. The van der Waals surface area contributed by atoms with Gasteiger partial charge in [-0.1, -0.05) is 13.8 Å². The molecule has 0 rings (SSSR count). The molecule has 0 aliphatic heterocycles. The monoisotopic (exact) mass is 301 g/mol. The topological polar surface area (TPSA) is 47.6 Å². The average molecular weight is 301 g/mol. The van der Waals surface area contributed by atoms with Gasteiger partial charge in [0.15, 0.2) is 0 Å². The lowest BCUT2D eigenvalue weighted by molar-refractivity contribution is -0.151. The Morgan fingerprint density at radius 3 is 2.29 bits per heavy atom. The van der Waals surface area contributed by atoms with Crippen LogP contribution in [0.4, 0.5) is 0 Å². The molecular weight excluding hydrogens is 266 g/mol. The number of hydrogen-bond donors (Lipinski definition) is 1. The zero-order valence-electron chi connectivity index (χ0n) is 14.8. The molecule has 1 N–H and O–H groups in total. The molecule has 0 saturated carbocycles. The van der Waals surface area contributed by atoms with Gasteiger partial charge < -0.3 is 9.47 Å². The maximum Gasteiger partial charge on any atom is 0.326 e. The molecule has 0 radical (unpaired) electrons. The fourth-order valence-corrected chi connectivity index (χ4v) is 2.38. The highest BCUT2D eigenvalue weighted by Gasteiger charge is 2.34. The molecule has 0 aliphatic rings. The second-order valence-corrected chi connectivity index (χ2v) is 6.60. The Hall–Kier alpha value is -0.610. The first-order valence-corrected chi connectivity index (χ1v) is 8.34. The third-order valence-corrected chi connectivity index (χ3v) is 3.37. The number of carbonyl (C=O) groups excluding carboxylic acids is 1. The predicted molar refractivity (Wildman–Crippen MR) is 87.4 cm³/mol. The van der Waals surface area contributed by atoms with Crippen LogP contribution in [0.1, 0.15) is 67.2 Å².